The molecule has 0 aliphatic carbocycles. The molecule has 1 saturated heterocycles. The predicted octanol–water partition coefficient (Wildman–Crippen LogP) is 3.91. The SMILES string of the molecule is CCn1c(SCC(=O)N2CCCN2C(=O)c2cc(OC)c3ccccc3n2)nnc1-c1ccc(OC)cc1. The molecular formula is C27H28N6O4S. The molecule has 5 rings (SSSR count). The van der Waals surface area contributed by atoms with Crippen LogP contribution in [0.1, 0.15) is 23.8 Å². The summed E-state index contributed by atoms with van der Waals surface area (Å²) >= 11 is 1.31. The Labute approximate surface area is 224 Å². The second-order valence-corrected chi connectivity index (χ2v) is 9.54. The number of methoxy groups -OCH3 is 2. The second kappa shape index (κ2) is 11.1. The molecule has 1 aliphatic rings. The summed E-state index contributed by atoms with van der Waals surface area (Å²) in [6, 6.07) is 16.7. The van der Waals surface area contributed by atoms with Crippen LogP contribution < -0.4 is 9.47 Å². The molecule has 0 spiro atoms. The third-order valence-electron chi connectivity index (χ3n) is 6.38. The van der Waals surface area contributed by atoms with Crippen LogP contribution in [0.2, 0.25) is 0 Å². The van der Waals surface area contributed by atoms with Gasteiger partial charge in [-0.25, -0.2) is 9.99 Å². The molecule has 0 unspecified atom stereocenters. The van der Waals surface area contributed by atoms with Crippen molar-refractivity contribution in [1.82, 2.24) is 29.8 Å². The zero-order valence-corrected chi connectivity index (χ0v) is 22.3. The number of hydrogen-bond donors (Lipinski definition) is 0. The number of hydrazine groups is 1. The minimum atomic E-state index is -0.330. The summed E-state index contributed by atoms with van der Waals surface area (Å²) in [6.07, 6.45) is 0.694. The highest BCUT2D eigenvalue weighted by atomic mass is 32.2. The fourth-order valence-corrected chi connectivity index (χ4v) is 5.34. The van der Waals surface area contributed by atoms with Crippen molar-refractivity contribution in [3.8, 4) is 22.9 Å². The van der Waals surface area contributed by atoms with Crippen molar-refractivity contribution >= 4 is 34.5 Å². The van der Waals surface area contributed by atoms with E-state index < -0.39 is 0 Å². The van der Waals surface area contributed by atoms with Crippen LogP contribution >= 0.6 is 11.8 Å². The molecule has 2 aromatic heterocycles. The van der Waals surface area contributed by atoms with Gasteiger partial charge in [-0.1, -0.05) is 23.9 Å². The standard InChI is InChI=1S/C27H28N6O4S/c1-4-31-25(18-10-12-19(36-2)13-11-18)29-30-27(31)38-17-24(34)32-14-7-15-33(32)26(35)22-16-23(37-3)20-8-5-6-9-21(20)28-22/h5-6,8-13,16H,4,7,14-15,17H2,1-3H3. The number of nitrogens with zero attached hydrogens (tertiary/aromatic N) is 6. The topological polar surface area (TPSA) is 103 Å². The number of pyridine rings is 1. The Kier molecular flexibility index (Phi) is 7.45. The van der Waals surface area contributed by atoms with Gasteiger partial charge in [0, 0.05) is 36.7 Å². The molecule has 3 heterocycles. The number of fused-ring (bicyclic) bond motifs is 1. The van der Waals surface area contributed by atoms with Gasteiger partial charge in [0.05, 0.1) is 25.5 Å². The van der Waals surface area contributed by atoms with Gasteiger partial charge in [-0.15, -0.1) is 10.2 Å². The highest BCUT2D eigenvalue weighted by Crippen LogP contribution is 2.28. The Bertz CT molecular complexity index is 1470. The van der Waals surface area contributed by atoms with Gasteiger partial charge < -0.3 is 14.0 Å². The fraction of sp³-hybridized carbons (Fsp3) is 0.296. The number of ether oxygens (including phenoxy) is 2. The van der Waals surface area contributed by atoms with Crippen molar-refractivity contribution < 1.29 is 19.1 Å². The summed E-state index contributed by atoms with van der Waals surface area (Å²) in [4.78, 5) is 31.2. The number of amides is 2. The molecule has 0 N–H and O–H groups in total. The van der Waals surface area contributed by atoms with E-state index in [4.69, 9.17) is 9.47 Å². The summed E-state index contributed by atoms with van der Waals surface area (Å²) < 4.78 is 12.7. The normalized spacial score (nSPS) is 13.2. The lowest BCUT2D eigenvalue weighted by Crippen LogP contribution is -2.45. The Hall–Kier alpha value is -4.12. The first-order chi connectivity index (χ1) is 18.5. The summed E-state index contributed by atoms with van der Waals surface area (Å²) in [6.45, 7) is 3.56. The summed E-state index contributed by atoms with van der Waals surface area (Å²) in [7, 11) is 3.19. The second-order valence-electron chi connectivity index (χ2n) is 8.59. The molecule has 196 valence electrons. The van der Waals surface area contributed by atoms with Crippen LogP contribution in [0, 0.1) is 0 Å². The van der Waals surface area contributed by atoms with E-state index in [0.717, 1.165) is 22.5 Å². The average molecular weight is 533 g/mol. The minimum absolute atomic E-state index is 0.124. The van der Waals surface area contributed by atoms with Crippen molar-refractivity contribution in [3.63, 3.8) is 0 Å². The molecule has 38 heavy (non-hydrogen) atoms. The van der Waals surface area contributed by atoms with E-state index in [0.29, 0.717) is 42.5 Å². The van der Waals surface area contributed by atoms with Crippen molar-refractivity contribution in [3.05, 3.63) is 60.3 Å². The lowest BCUT2D eigenvalue weighted by molar-refractivity contribution is -0.137. The smallest absolute Gasteiger partial charge is 0.291 e. The van der Waals surface area contributed by atoms with Gasteiger partial charge in [0.15, 0.2) is 11.0 Å². The van der Waals surface area contributed by atoms with Gasteiger partial charge in [0.2, 0.25) is 0 Å². The number of para-hydroxylation sites is 1. The fourth-order valence-electron chi connectivity index (χ4n) is 4.47. The zero-order chi connectivity index (χ0) is 26.6. The maximum Gasteiger partial charge on any atom is 0.291 e. The van der Waals surface area contributed by atoms with Crippen LogP contribution in [-0.4, -0.2) is 74.6 Å². The van der Waals surface area contributed by atoms with E-state index >= 15 is 0 Å². The summed E-state index contributed by atoms with van der Waals surface area (Å²) in [5, 5.41) is 13.1. The number of aromatic nitrogens is 4. The molecule has 2 aromatic carbocycles. The first-order valence-electron chi connectivity index (χ1n) is 12.3. The Balaban J connectivity index is 1.30. The van der Waals surface area contributed by atoms with E-state index in [1.807, 2.05) is 60.0 Å². The molecule has 0 saturated carbocycles. The van der Waals surface area contributed by atoms with Crippen LogP contribution in [0.25, 0.3) is 22.3 Å². The number of thioether (sulfide) groups is 1. The Morgan fingerprint density at radius 3 is 2.47 bits per heavy atom. The number of carbonyl (C=O) groups is 2. The largest absolute Gasteiger partial charge is 0.497 e. The number of carbonyl (C=O) groups excluding carboxylic acids is 2. The molecule has 1 aliphatic heterocycles. The van der Waals surface area contributed by atoms with Gasteiger partial charge in [0.1, 0.15) is 17.2 Å². The van der Waals surface area contributed by atoms with Gasteiger partial charge in [-0.05, 0) is 49.7 Å². The van der Waals surface area contributed by atoms with Crippen molar-refractivity contribution in [2.45, 2.75) is 25.0 Å². The first kappa shape index (κ1) is 25.5. The predicted molar refractivity (Wildman–Crippen MR) is 144 cm³/mol. The molecule has 11 heteroatoms. The maximum absolute atomic E-state index is 13.4. The summed E-state index contributed by atoms with van der Waals surface area (Å²) in [5.74, 6) is 1.67. The van der Waals surface area contributed by atoms with Crippen molar-refractivity contribution in [2.75, 3.05) is 33.1 Å². The summed E-state index contributed by atoms with van der Waals surface area (Å²) in [5.41, 5.74) is 1.81. The monoisotopic (exact) mass is 532 g/mol. The Morgan fingerprint density at radius 1 is 0.974 bits per heavy atom. The maximum atomic E-state index is 13.4. The molecule has 0 atom stereocenters. The van der Waals surface area contributed by atoms with Gasteiger partial charge in [0.25, 0.3) is 11.8 Å². The molecule has 4 aromatic rings. The van der Waals surface area contributed by atoms with Gasteiger partial charge >= 0.3 is 0 Å². The highest BCUT2D eigenvalue weighted by molar-refractivity contribution is 7.99. The molecular weight excluding hydrogens is 504 g/mol. The molecule has 0 bridgehead atoms. The Morgan fingerprint density at radius 2 is 1.74 bits per heavy atom. The first-order valence-corrected chi connectivity index (χ1v) is 13.3. The van der Waals surface area contributed by atoms with E-state index in [2.05, 4.69) is 15.2 Å². The van der Waals surface area contributed by atoms with E-state index in [1.165, 1.54) is 21.8 Å². The van der Waals surface area contributed by atoms with Crippen LogP contribution in [0.3, 0.4) is 0 Å². The van der Waals surface area contributed by atoms with Crippen molar-refractivity contribution in [2.24, 2.45) is 0 Å². The molecule has 0 radical (unpaired) electrons. The third kappa shape index (κ3) is 4.89. The molecule has 2 amide bonds. The van der Waals surface area contributed by atoms with Crippen LogP contribution in [0.15, 0.2) is 59.8 Å². The van der Waals surface area contributed by atoms with E-state index in [1.54, 1.807) is 20.3 Å². The lowest BCUT2D eigenvalue weighted by atomic mass is 10.1. The zero-order valence-electron chi connectivity index (χ0n) is 21.5. The highest BCUT2D eigenvalue weighted by Gasteiger charge is 2.32. The van der Waals surface area contributed by atoms with Crippen LogP contribution in [0.5, 0.6) is 11.5 Å². The van der Waals surface area contributed by atoms with Crippen molar-refractivity contribution in [1.29, 1.82) is 0 Å². The number of rotatable bonds is 8. The lowest BCUT2D eigenvalue weighted by Gasteiger charge is -2.27. The molecule has 1 fully saturated rings. The van der Waals surface area contributed by atoms with Crippen LogP contribution in [-0.2, 0) is 11.3 Å². The number of benzene rings is 2. The molecule has 10 nitrogen and oxygen atoms in total. The third-order valence-corrected chi connectivity index (χ3v) is 7.33. The average Bonchev–Trinajstić information content (AvgIpc) is 3.62. The van der Waals surface area contributed by atoms with Gasteiger partial charge in [-0.2, -0.15) is 0 Å². The van der Waals surface area contributed by atoms with E-state index in [-0.39, 0.29) is 23.3 Å². The van der Waals surface area contributed by atoms with Gasteiger partial charge in [-0.3, -0.25) is 14.6 Å². The minimum Gasteiger partial charge on any atom is -0.497 e. The van der Waals surface area contributed by atoms with Crippen LogP contribution in [0.4, 0.5) is 0 Å². The quantitative estimate of drug-likeness (QED) is 0.315. The number of hydrogen-bond acceptors (Lipinski definition) is 8. The van der Waals surface area contributed by atoms with E-state index in [9.17, 15) is 9.59 Å².